The Morgan fingerprint density at radius 1 is 0.860 bits per heavy atom. The number of nitrogen functional groups attached to an aromatic ring is 1. The smallest absolute Gasteiger partial charge is 0.369 e. The molecule has 248 valence electrons. The first-order valence-electron chi connectivity index (χ1n) is 15.7. The van der Waals surface area contributed by atoms with E-state index in [9.17, 15) is 23.7 Å². The minimum atomic E-state index is -4.33. The summed E-state index contributed by atoms with van der Waals surface area (Å²) in [5.41, 5.74) is 5.66. The lowest BCUT2D eigenvalue weighted by Gasteiger charge is -2.48. The normalized spacial score (nSPS) is 22.4. The molecule has 0 bridgehead atoms. The third-order valence-corrected chi connectivity index (χ3v) is 10.0. The van der Waals surface area contributed by atoms with Crippen LogP contribution in [0.25, 0.3) is 0 Å². The number of phosphoric ester groups is 2. The minimum absolute atomic E-state index is 0.0314. The molecule has 1 aliphatic carbocycles. The summed E-state index contributed by atoms with van der Waals surface area (Å²) in [4.78, 5) is 41.4. The Kier molecular flexibility index (Phi) is 14.9. The van der Waals surface area contributed by atoms with E-state index < -0.39 is 27.1 Å². The molecule has 0 spiro atoms. The van der Waals surface area contributed by atoms with E-state index in [-0.39, 0.29) is 56.7 Å². The summed E-state index contributed by atoms with van der Waals surface area (Å²) in [7, 11) is -8.60. The van der Waals surface area contributed by atoms with Gasteiger partial charge in [0, 0.05) is 12.0 Å². The molecule has 3 rings (SSSR count). The van der Waals surface area contributed by atoms with E-state index in [1.54, 1.807) is 0 Å². The second-order valence-corrected chi connectivity index (χ2v) is 14.3. The predicted octanol–water partition coefficient (Wildman–Crippen LogP) is 5.53. The molecule has 1 fully saturated rings. The van der Waals surface area contributed by atoms with Crippen LogP contribution in [-0.4, -0.2) is 58.9 Å². The van der Waals surface area contributed by atoms with E-state index in [0.717, 1.165) is 51.4 Å². The number of nitrogens with one attached hydrogen (secondary N) is 2. The number of H-pyrrole nitrogens is 1. The first-order valence-corrected chi connectivity index (χ1v) is 18.7. The maximum absolute atomic E-state index is 12.6. The highest BCUT2D eigenvalue weighted by Gasteiger charge is 2.48. The van der Waals surface area contributed by atoms with Gasteiger partial charge < -0.3 is 25.7 Å². The Labute approximate surface area is 254 Å². The Hall–Kier alpha value is -1.50. The van der Waals surface area contributed by atoms with Crippen molar-refractivity contribution in [1.29, 1.82) is 0 Å². The fourth-order valence-corrected chi connectivity index (χ4v) is 7.11. The lowest BCUT2D eigenvalue weighted by atomic mass is 9.69. The molecule has 16 heteroatoms. The zero-order valence-corrected chi connectivity index (χ0v) is 27.4. The third-order valence-electron chi connectivity index (χ3n) is 8.05. The molecule has 1 saturated carbocycles. The molecule has 2 heterocycles. The minimum Gasteiger partial charge on any atom is -0.369 e. The predicted molar refractivity (Wildman–Crippen MR) is 166 cm³/mol. The van der Waals surface area contributed by atoms with Gasteiger partial charge in [0.1, 0.15) is 5.69 Å². The van der Waals surface area contributed by atoms with E-state index in [2.05, 4.69) is 29.1 Å². The average molecular weight is 652 g/mol. The van der Waals surface area contributed by atoms with Crippen molar-refractivity contribution in [2.75, 3.05) is 49.0 Å². The molecular formula is C27H51N5O9P2. The van der Waals surface area contributed by atoms with Gasteiger partial charge in [-0.05, 0) is 25.2 Å². The standard InChI is InChI=1S/C27H51N5O9P2/c1-3-5-7-9-11-13-15-38-42(34,35)40-18-21-17-23(32-20-29-24-25(32)30-27(28)31-26(24)33)22(21)19-41-43(36,37)39-16-14-12-10-8-6-4-2/h21-23,29H,3-20H2,1-2H3,(H,34,35)(H,36,37)(H3,28,30,31,33). The molecule has 5 unspecified atom stereocenters. The average Bonchev–Trinajstić information content (AvgIpc) is 3.35. The zero-order valence-electron chi connectivity index (χ0n) is 25.6. The van der Waals surface area contributed by atoms with E-state index >= 15 is 0 Å². The van der Waals surface area contributed by atoms with Crippen LogP contribution in [0.2, 0.25) is 0 Å². The van der Waals surface area contributed by atoms with Crippen molar-refractivity contribution in [1.82, 2.24) is 9.97 Å². The fourth-order valence-electron chi connectivity index (χ4n) is 5.50. The van der Waals surface area contributed by atoms with Crippen LogP contribution in [0.5, 0.6) is 0 Å². The van der Waals surface area contributed by atoms with E-state index in [0.29, 0.717) is 25.1 Å². The van der Waals surface area contributed by atoms with E-state index in [4.69, 9.17) is 23.8 Å². The van der Waals surface area contributed by atoms with Gasteiger partial charge in [-0.25, -0.2) is 9.13 Å². The molecule has 0 amide bonds. The van der Waals surface area contributed by atoms with Gasteiger partial charge >= 0.3 is 15.6 Å². The van der Waals surface area contributed by atoms with Crippen LogP contribution in [0.3, 0.4) is 0 Å². The van der Waals surface area contributed by atoms with Gasteiger partial charge in [0.15, 0.2) is 5.82 Å². The molecule has 5 atom stereocenters. The molecule has 6 N–H and O–H groups in total. The maximum Gasteiger partial charge on any atom is 0.472 e. The van der Waals surface area contributed by atoms with Crippen molar-refractivity contribution in [3.05, 3.63) is 10.4 Å². The van der Waals surface area contributed by atoms with Gasteiger partial charge in [-0.2, -0.15) is 4.98 Å². The summed E-state index contributed by atoms with van der Waals surface area (Å²) in [5.74, 6) is -0.342. The Balaban J connectivity index is 1.55. The van der Waals surface area contributed by atoms with Crippen LogP contribution in [0.4, 0.5) is 17.5 Å². The van der Waals surface area contributed by atoms with Crippen LogP contribution in [-0.2, 0) is 27.2 Å². The van der Waals surface area contributed by atoms with Crippen molar-refractivity contribution < 1.29 is 37.0 Å². The first kappa shape index (κ1) is 36.0. The highest BCUT2D eigenvalue weighted by atomic mass is 31.2. The summed E-state index contributed by atoms with van der Waals surface area (Å²) < 4.78 is 46.2. The fraction of sp³-hybridized carbons (Fsp3) is 0.852. The second-order valence-electron chi connectivity index (χ2n) is 11.4. The van der Waals surface area contributed by atoms with E-state index in [1.165, 1.54) is 12.8 Å². The monoisotopic (exact) mass is 651 g/mol. The van der Waals surface area contributed by atoms with Crippen molar-refractivity contribution in [3.8, 4) is 0 Å². The number of aromatic amines is 1. The quantitative estimate of drug-likeness (QED) is 0.0731. The van der Waals surface area contributed by atoms with Crippen molar-refractivity contribution >= 4 is 33.1 Å². The molecule has 14 nitrogen and oxygen atoms in total. The lowest BCUT2D eigenvalue weighted by molar-refractivity contribution is 0.0124. The Morgan fingerprint density at radius 3 is 1.98 bits per heavy atom. The molecule has 1 aromatic rings. The zero-order chi connectivity index (χ0) is 31.3. The number of hydrogen-bond acceptors (Lipinski definition) is 11. The number of rotatable bonds is 23. The largest absolute Gasteiger partial charge is 0.472 e. The molecule has 0 saturated heterocycles. The number of nitrogens with two attached hydrogens (primary N) is 1. The van der Waals surface area contributed by atoms with Crippen molar-refractivity contribution in [3.63, 3.8) is 0 Å². The number of aromatic nitrogens is 2. The summed E-state index contributed by atoms with van der Waals surface area (Å²) in [6.07, 6.45) is 12.6. The summed E-state index contributed by atoms with van der Waals surface area (Å²) in [5, 5.41) is 3.01. The number of fused-ring (bicyclic) bond motifs is 1. The third kappa shape index (κ3) is 11.7. The maximum atomic E-state index is 12.6. The Bertz CT molecular complexity index is 1140. The topological polar surface area (TPSA) is 199 Å². The van der Waals surface area contributed by atoms with Crippen LogP contribution >= 0.6 is 15.6 Å². The number of unbranched alkanes of at least 4 members (excludes halogenated alkanes) is 10. The Morgan fingerprint density at radius 2 is 1.40 bits per heavy atom. The SMILES string of the molecule is CCCCCCCCOP(=O)(O)OCC1CC(N2CNc3c2nc(N)[nH]c3=O)C1COP(=O)(O)OCCCCCCCC. The van der Waals surface area contributed by atoms with E-state index in [1.807, 2.05) is 4.90 Å². The molecule has 0 aromatic carbocycles. The molecule has 2 aliphatic rings. The van der Waals surface area contributed by atoms with Gasteiger partial charge in [0.05, 0.1) is 33.1 Å². The second kappa shape index (κ2) is 17.8. The van der Waals surface area contributed by atoms with Gasteiger partial charge in [-0.3, -0.25) is 27.9 Å². The molecule has 1 aromatic heterocycles. The van der Waals surface area contributed by atoms with Crippen molar-refractivity contribution in [2.45, 2.75) is 103 Å². The highest BCUT2D eigenvalue weighted by Crippen LogP contribution is 2.51. The van der Waals surface area contributed by atoms with Gasteiger partial charge in [0.2, 0.25) is 5.95 Å². The highest BCUT2D eigenvalue weighted by molar-refractivity contribution is 7.47. The molecule has 0 radical (unpaired) electrons. The summed E-state index contributed by atoms with van der Waals surface area (Å²) >= 11 is 0. The van der Waals surface area contributed by atoms with Crippen LogP contribution in [0.15, 0.2) is 4.79 Å². The summed E-state index contributed by atoms with van der Waals surface area (Å²) in [6, 6.07) is -0.267. The molecule has 1 aliphatic heterocycles. The van der Waals surface area contributed by atoms with Gasteiger partial charge in [0.25, 0.3) is 5.56 Å². The number of nitrogens with zero attached hydrogens (tertiary/aromatic N) is 2. The first-order chi connectivity index (χ1) is 20.6. The van der Waals surface area contributed by atoms with Gasteiger partial charge in [-0.15, -0.1) is 0 Å². The molecule has 43 heavy (non-hydrogen) atoms. The van der Waals surface area contributed by atoms with Crippen LogP contribution in [0.1, 0.15) is 97.3 Å². The number of phosphoric acid groups is 2. The van der Waals surface area contributed by atoms with Crippen LogP contribution < -0.4 is 21.5 Å². The van der Waals surface area contributed by atoms with Crippen molar-refractivity contribution in [2.24, 2.45) is 11.8 Å². The molecular weight excluding hydrogens is 600 g/mol. The number of anilines is 3. The number of hydrogen-bond donors (Lipinski definition) is 5. The van der Waals surface area contributed by atoms with Gasteiger partial charge in [-0.1, -0.05) is 78.1 Å². The lowest BCUT2D eigenvalue weighted by Crippen LogP contribution is -2.55. The van der Waals surface area contributed by atoms with Crippen LogP contribution in [0, 0.1) is 11.8 Å². The summed E-state index contributed by atoms with van der Waals surface area (Å²) in [6.45, 7) is 4.52.